The van der Waals surface area contributed by atoms with Gasteiger partial charge in [-0.25, -0.2) is 9.79 Å². The third kappa shape index (κ3) is 3.50. The van der Waals surface area contributed by atoms with Crippen LogP contribution in [0.25, 0.3) is 6.08 Å². The van der Waals surface area contributed by atoms with Gasteiger partial charge in [0.25, 0.3) is 0 Å². The maximum absolute atomic E-state index is 12.2. The Morgan fingerprint density at radius 1 is 1.00 bits per heavy atom. The lowest BCUT2D eigenvalue weighted by Gasteiger charge is -2.07. The predicted molar refractivity (Wildman–Crippen MR) is 98.2 cm³/mol. The number of rotatable bonds is 5. The van der Waals surface area contributed by atoms with Gasteiger partial charge in [-0.15, -0.1) is 0 Å². The van der Waals surface area contributed by atoms with Crippen LogP contribution in [0.5, 0.6) is 17.2 Å². The van der Waals surface area contributed by atoms with Crippen LogP contribution < -0.4 is 14.2 Å². The number of benzene rings is 2. The van der Waals surface area contributed by atoms with Crippen LogP contribution >= 0.6 is 11.6 Å². The number of hydrogen-bond acceptors (Lipinski definition) is 6. The SMILES string of the molecule is COc1ccc(/C=C2/N=C(c3cc(Cl)ccc3OC)OC2=O)c(OC)c1. The molecule has 0 amide bonds. The van der Waals surface area contributed by atoms with Gasteiger partial charge in [-0.05, 0) is 36.4 Å². The van der Waals surface area contributed by atoms with Crippen LogP contribution in [-0.4, -0.2) is 33.2 Å². The Morgan fingerprint density at radius 2 is 1.77 bits per heavy atom. The Balaban J connectivity index is 2.01. The number of hydrogen-bond donors (Lipinski definition) is 0. The number of methoxy groups -OCH3 is 3. The van der Waals surface area contributed by atoms with Crippen LogP contribution in [0.4, 0.5) is 0 Å². The fraction of sp³-hybridized carbons (Fsp3) is 0.158. The Labute approximate surface area is 155 Å². The van der Waals surface area contributed by atoms with Crippen LogP contribution in [0.3, 0.4) is 0 Å². The summed E-state index contributed by atoms with van der Waals surface area (Å²) < 4.78 is 21.1. The second kappa shape index (κ2) is 7.49. The predicted octanol–water partition coefficient (Wildman–Crippen LogP) is 3.71. The van der Waals surface area contributed by atoms with Gasteiger partial charge in [-0.1, -0.05) is 11.6 Å². The lowest BCUT2D eigenvalue weighted by atomic mass is 10.1. The summed E-state index contributed by atoms with van der Waals surface area (Å²) in [5.74, 6) is 1.26. The molecule has 3 rings (SSSR count). The number of halogens is 1. The lowest BCUT2D eigenvalue weighted by Crippen LogP contribution is -2.07. The van der Waals surface area contributed by atoms with Gasteiger partial charge in [-0.3, -0.25) is 0 Å². The van der Waals surface area contributed by atoms with E-state index in [1.165, 1.54) is 14.2 Å². The standard InChI is InChI=1S/C19H16ClNO5/c1-23-13-6-4-11(17(10-13)25-3)8-15-19(22)26-18(21-15)14-9-12(20)5-7-16(14)24-2/h4-10H,1-3H3/b15-8+. The molecule has 0 aliphatic carbocycles. The van der Waals surface area contributed by atoms with Crippen LogP contribution in [0, 0.1) is 0 Å². The lowest BCUT2D eigenvalue weighted by molar-refractivity contribution is -0.129. The summed E-state index contributed by atoms with van der Waals surface area (Å²) in [5, 5.41) is 0.480. The average Bonchev–Trinajstić information content (AvgIpc) is 3.02. The summed E-state index contributed by atoms with van der Waals surface area (Å²) in [7, 11) is 4.62. The summed E-state index contributed by atoms with van der Waals surface area (Å²) >= 11 is 6.03. The molecule has 0 fully saturated rings. The van der Waals surface area contributed by atoms with Crippen molar-refractivity contribution in [2.75, 3.05) is 21.3 Å². The zero-order valence-corrected chi connectivity index (χ0v) is 15.2. The van der Waals surface area contributed by atoms with E-state index in [4.69, 9.17) is 30.5 Å². The molecule has 0 saturated heterocycles. The van der Waals surface area contributed by atoms with Gasteiger partial charge >= 0.3 is 5.97 Å². The monoisotopic (exact) mass is 373 g/mol. The van der Waals surface area contributed by atoms with Crippen LogP contribution in [0.15, 0.2) is 47.1 Å². The van der Waals surface area contributed by atoms with E-state index in [0.717, 1.165) is 0 Å². The van der Waals surface area contributed by atoms with E-state index < -0.39 is 5.97 Å². The molecule has 0 atom stereocenters. The van der Waals surface area contributed by atoms with Gasteiger partial charge < -0.3 is 18.9 Å². The molecule has 2 aromatic rings. The van der Waals surface area contributed by atoms with Crippen molar-refractivity contribution in [1.29, 1.82) is 0 Å². The molecule has 0 bridgehead atoms. The molecule has 0 spiro atoms. The van der Waals surface area contributed by atoms with E-state index in [-0.39, 0.29) is 11.6 Å². The minimum Gasteiger partial charge on any atom is -0.497 e. The fourth-order valence-electron chi connectivity index (χ4n) is 2.46. The van der Waals surface area contributed by atoms with E-state index in [9.17, 15) is 4.79 Å². The first kappa shape index (κ1) is 17.8. The molecule has 6 nitrogen and oxygen atoms in total. The minimum absolute atomic E-state index is 0.132. The number of ether oxygens (including phenoxy) is 4. The van der Waals surface area contributed by atoms with E-state index in [1.807, 2.05) is 0 Å². The Morgan fingerprint density at radius 3 is 2.46 bits per heavy atom. The highest BCUT2D eigenvalue weighted by atomic mass is 35.5. The van der Waals surface area contributed by atoms with Crippen molar-refractivity contribution in [2.45, 2.75) is 0 Å². The fourth-order valence-corrected chi connectivity index (χ4v) is 2.63. The van der Waals surface area contributed by atoms with Crippen molar-refractivity contribution in [2.24, 2.45) is 4.99 Å². The number of aliphatic imine (C=N–C) groups is 1. The minimum atomic E-state index is -0.570. The van der Waals surface area contributed by atoms with Crippen molar-refractivity contribution in [3.63, 3.8) is 0 Å². The Kier molecular flexibility index (Phi) is 5.14. The van der Waals surface area contributed by atoms with Crippen LogP contribution in [-0.2, 0) is 9.53 Å². The Bertz CT molecular complexity index is 920. The van der Waals surface area contributed by atoms with E-state index >= 15 is 0 Å². The van der Waals surface area contributed by atoms with Crippen molar-refractivity contribution >= 4 is 29.5 Å². The van der Waals surface area contributed by atoms with Crippen LogP contribution in [0.1, 0.15) is 11.1 Å². The average molecular weight is 374 g/mol. The molecule has 1 aliphatic heterocycles. The van der Waals surface area contributed by atoms with Gasteiger partial charge in [0.1, 0.15) is 17.2 Å². The number of carbonyl (C=O) groups excluding carboxylic acids is 1. The highest BCUT2D eigenvalue weighted by Crippen LogP contribution is 2.30. The smallest absolute Gasteiger partial charge is 0.363 e. The van der Waals surface area contributed by atoms with E-state index in [1.54, 1.807) is 49.6 Å². The number of nitrogens with zero attached hydrogens (tertiary/aromatic N) is 1. The van der Waals surface area contributed by atoms with Gasteiger partial charge in [0.05, 0.1) is 26.9 Å². The van der Waals surface area contributed by atoms with Gasteiger partial charge in [0.15, 0.2) is 5.70 Å². The Hall–Kier alpha value is -2.99. The molecular formula is C19H16ClNO5. The highest BCUT2D eigenvalue weighted by Gasteiger charge is 2.27. The molecular weight excluding hydrogens is 358 g/mol. The molecule has 0 unspecified atom stereocenters. The summed E-state index contributed by atoms with van der Waals surface area (Å²) in [6.45, 7) is 0. The molecule has 7 heteroatoms. The van der Waals surface area contributed by atoms with E-state index in [2.05, 4.69) is 4.99 Å². The zero-order chi connectivity index (χ0) is 18.7. The first-order chi connectivity index (χ1) is 12.5. The molecule has 0 saturated carbocycles. The molecule has 0 N–H and O–H groups in total. The normalized spacial score (nSPS) is 14.8. The van der Waals surface area contributed by atoms with Crippen molar-refractivity contribution in [3.05, 3.63) is 58.2 Å². The third-order valence-corrected chi connectivity index (χ3v) is 3.98. The van der Waals surface area contributed by atoms with Gasteiger partial charge in [0, 0.05) is 16.7 Å². The molecule has 1 heterocycles. The summed E-state index contributed by atoms with van der Waals surface area (Å²) in [4.78, 5) is 16.5. The number of cyclic esters (lactones) is 1. The molecule has 2 aromatic carbocycles. The maximum atomic E-state index is 12.2. The molecule has 134 valence electrons. The summed E-state index contributed by atoms with van der Waals surface area (Å²) in [6, 6.07) is 10.2. The van der Waals surface area contributed by atoms with Gasteiger partial charge in [-0.2, -0.15) is 0 Å². The van der Waals surface area contributed by atoms with Crippen molar-refractivity contribution in [1.82, 2.24) is 0 Å². The number of carbonyl (C=O) groups is 1. The van der Waals surface area contributed by atoms with Crippen molar-refractivity contribution in [3.8, 4) is 17.2 Å². The maximum Gasteiger partial charge on any atom is 0.363 e. The third-order valence-electron chi connectivity index (χ3n) is 3.75. The summed E-state index contributed by atoms with van der Waals surface area (Å²) in [5.41, 5.74) is 1.31. The van der Waals surface area contributed by atoms with Crippen LogP contribution in [0.2, 0.25) is 5.02 Å². The number of esters is 1. The molecule has 1 aliphatic rings. The summed E-state index contributed by atoms with van der Waals surface area (Å²) in [6.07, 6.45) is 1.59. The molecule has 26 heavy (non-hydrogen) atoms. The van der Waals surface area contributed by atoms with E-state index in [0.29, 0.717) is 33.4 Å². The topological polar surface area (TPSA) is 66.3 Å². The molecule has 0 radical (unpaired) electrons. The second-order valence-corrected chi connectivity index (χ2v) is 5.72. The quantitative estimate of drug-likeness (QED) is 0.590. The highest BCUT2D eigenvalue weighted by molar-refractivity contribution is 6.31. The first-order valence-corrected chi connectivity index (χ1v) is 8.02. The zero-order valence-electron chi connectivity index (χ0n) is 14.4. The largest absolute Gasteiger partial charge is 0.497 e. The molecule has 0 aromatic heterocycles. The van der Waals surface area contributed by atoms with Gasteiger partial charge in [0.2, 0.25) is 5.90 Å². The van der Waals surface area contributed by atoms with Crippen molar-refractivity contribution < 1.29 is 23.7 Å². The second-order valence-electron chi connectivity index (χ2n) is 5.29. The first-order valence-electron chi connectivity index (χ1n) is 7.64.